The lowest BCUT2D eigenvalue weighted by atomic mass is 10.0. The molecule has 0 fully saturated rings. The molecule has 1 aromatic carbocycles. The molecule has 4 nitrogen and oxygen atoms in total. The number of hydrogen-bond acceptors (Lipinski definition) is 4. The molecule has 94 valence electrons. The van der Waals surface area contributed by atoms with Gasteiger partial charge < -0.3 is 15.2 Å². The van der Waals surface area contributed by atoms with Gasteiger partial charge in [0.15, 0.2) is 0 Å². The van der Waals surface area contributed by atoms with E-state index in [1.165, 1.54) is 0 Å². The van der Waals surface area contributed by atoms with E-state index in [0.717, 1.165) is 22.4 Å². The molecular weight excluding hydrogens is 228 g/mol. The maximum atomic E-state index is 5.78. The topological polar surface area (TPSA) is 57.4 Å². The second-order valence-electron chi connectivity index (χ2n) is 3.81. The molecule has 2 rings (SSSR count). The maximum Gasteiger partial charge on any atom is 0.213 e. The van der Waals surface area contributed by atoms with Crippen molar-refractivity contribution < 1.29 is 9.47 Å². The van der Waals surface area contributed by atoms with Gasteiger partial charge in [0, 0.05) is 18.8 Å². The fourth-order valence-electron chi connectivity index (χ4n) is 1.84. The first-order valence-electron chi connectivity index (χ1n) is 5.66. The molecule has 0 saturated heterocycles. The van der Waals surface area contributed by atoms with Crippen LogP contribution in [0.5, 0.6) is 11.6 Å². The van der Waals surface area contributed by atoms with E-state index in [4.69, 9.17) is 15.2 Å². The number of ether oxygens (including phenoxy) is 2. The van der Waals surface area contributed by atoms with Gasteiger partial charge in [0.05, 0.1) is 14.2 Å². The van der Waals surface area contributed by atoms with Crippen LogP contribution in [-0.2, 0) is 6.54 Å². The molecule has 0 aliphatic heterocycles. The van der Waals surface area contributed by atoms with Crippen LogP contribution in [0, 0.1) is 0 Å². The van der Waals surface area contributed by atoms with Gasteiger partial charge in [0.2, 0.25) is 5.88 Å². The summed E-state index contributed by atoms with van der Waals surface area (Å²) in [6.07, 6.45) is 1.72. The van der Waals surface area contributed by atoms with Gasteiger partial charge in [0.1, 0.15) is 5.75 Å². The third-order valence-corrected chi connectivity index (χ3v) is 2.79. The van der Waals surface area contributed by atoms with Gasteiger partial charge in [-0.25, -0.2) is 4.98 Å². The van der Waals surface area contributed by atoms with Crippen LogP contribution in [-0.4, -0.2) is 19.2 Å². The number of rotatable bonds is 4. The predicted molar refractivity (Wildman–Crippen MR) is 70.7 cm³/mol. The summed E-state index contributed by atoms with van der Waals surface area (Å²) >= 11 is 0. The van der Waals surface area contributed by atoms with Crippen LogP contribution < -0.4 is 15.2 Å². The quantitative estimate of drug-likeness (QED) is 0.896. The minimum atomic E-state index is 0.456. The molecule has 0 aliphatic rings. The van der Waals surface area contributed by atoms with Gasteiger partial charge in [-0.2, -0.15) is 0 Å². The van der Waals surface area contributed by atoms with Crippen molar-refractivity contribution in [2.45, 2.75) is 6.54 Å². The Morgan fingerprint density at radius 1 is 1.11 bits per heavy atom. The Balaban J connectivity index is 2.48. The molecule has 2 aromatic rings. The number of aromatic nitrogens is 1. The van der Waals surface area contributed by atoms with E-state index in [1.807, 2.05) is 30.3 Å². The molecular formula is C14H16N2O2. The normalized spacial score (nSPS) is 10.2. The predicted octanol–water partition coefficient (Wildman–Crippen LogP) is 2.22. The van der Waals surface area contributed by atoms with Crippen LogP contribution in [0.1, 0.15) is 5.56 Å². The van der Waals surface area contributed by atoms with Crippen molar-refractivity contribution in [3.63, 3.8) is 0 Å². The number of nitrogens with zero attached hydrogens (tertiary/aromatic N) is 1. The van der Waals surface area contributed by atoms with Crippen LogP contribution >= 0.6 is 0 Å². The molecule has 0 spiro atoms. The standard InChI is InChI=1S/C14H16N2O2/c1-17-12-3-4-13(11(7-12)9-15)10-5-6-16-14(8-10)18-2/h3-8H,9,15H2,1-2H3. The van der Waals surface area contributed by atoms with E-state index in [0.29, 0.717) is 12.4 Å². The van der Waals surface area contributed by atoms with Gasteiger partial charge in [-0.15, -0.1) is 0 Å². The van der Waals surface area contributed by atoms with Gasteiger partial charge >= 0.3 is 0 Å². The van der Waals surface area contributed by atoms with Crippen molar-refractivity contribution in [3.05, 3.63) is 42.1 Å². The van der Waals surface area contributed by atoms with E-state index in [1.54, 1.807) is 20.4 Å². The molecule has 0 atom stereocenters. The van der Waals surface area contributed by atoms with Crippen LogP contribution in [0.4, 0.5) is 0 Å². The lowest BCUT2D eigenvalue weighted by molar-refractivity contribution is 0.398. The monoisotopic (exact) mass is 244 g/mol. The largest absolute Gasteiger partial charge is 0.497 e. The number of nitrogens with two attached hydrogens (primary N) is 1. The number of methoxy groups -OCH3 is 2. The van der Waals surface area contributed by atoms with E-state index in [-0.39, 0.29) is 0 Å². The Morgan fingerprint density at radius 2 is 1.94 bits per heavy atom. The van der Waals surface area contributed by atoms with Crippen molar-refractivity contribution in [3.8, 4) is 22.8 Å². The van der Waals surface area contributed by atoms with Crippen LogP contribution in [0.25, 0.3) is 11.1 Å². The lowest BCUT2D eigenvalue weighted by Crippen LogP contribution is -2.00. The van der Waals surface area contributed by atoms with Crippen molar-refractivity contribution >= 4 is 0 Å². The van der Waals surface area contributed by atoms with E-state index in [9.17, 15) is 0 Å². The second-order valence-corrected chi connectivity index (χ2v) is 3.81. The summed E-state index contributed by atoms with van der Waals surface area (Å²) in [5, 5.41) is 0. The van der Waals surface area contributed by atoms with Gasteiger partial charge in [-0.1, -0.05) is 6.07 Å². The zero-order valence-electron chi connectivity index (χ0n) is 10.5. The van der Waals surface area contributed by atoms with Crippen LogP contribution in [0.15, 0.2) is 36.5 Å². The third-order valence-electron chi connectivity index (χ3n) is 2.79. The zero-order chi connectivity index (χ0) is 13.0. The highest BCUT2D eigenvalue weighted by Crippen LogP contribution is 2.28. The molecule has 4 heteroatoms. The lowest BCUT2D eigenvalue weighted by Gasteiger charge is -2.10. The fourth-order valence-corrected chi connectivity index (χ4v) is 1.84. The molecule has 2 N–H and O–H groups in total. The molecule has 0 saturated carbocycles. The Labute approximate surface area is 106 Å². The van der Waals surface area contributed by atoms with E-state index >= 15 is 0 Å². The molecule has 1 heterocycles. The number of pyridine rings is 1. The van der Waals surface area contributed by atoms with Gasteiger partial charge in [-0.3, -0.25) is 0 Å². The Kier molecular flexibility index (Phi) is 3.79. The van der Waals surface area contributed by atoms with Gasteiger partial charge in [-0.05, 0) is 34.9 Å². The first-order chi connectivity index (χ1) is 8.78. The summed E-state index contributed by atoms with van der Waals surface area (Å²) in [6.45, 7) is 0.456. The minimum absolute atomic E-state index is 0.456. The Bertz CT molecular complexity index is 541. The Morgan fingerprint density at radius 3 is 2.61 bits per heavy atom. The molecule has 0 bridgehead atoms. The van der Waals surface area contributed by atoms with E-state index < -0.39 is 0 Å². The Hall–Kier alpha value is -2.07. The molecule has 0 aliphatic carbocycles. The zero-order valence-corrected chi connectivity index (χ0v) is 10.5. The summed E-state index contributed by atoms with van der Waals surface area (Å²) in [6, 6.07) is 9.68. The molecule has 0 unspecified atom stereocenters. The molecule has 0 radical (unpaired) electrons. The molecule has 1 aromatic heterocycles. The summed E-state index contributed by atoms with van der Waals surface area (Å²) in [5.74, 6) is 1.39. The first kappa shape index (κ1) is 12.4. The molecule has 18 heavy (non-hydrogen) atoms. The van der Waals surface area contributed by atoms with E-state index in [2.05, 4.69) is 4.98 Å². The fraction of sp³-hybridized carbons (Fsp3) is 0.214. The van der Waals surface area contributed by atoms with Crippen molar-refractivity contribution in [2.75, 3.05) is 14.2 Å². The minimum Gasteiger partial charge on any atom is -0.497 e. The highest BCUT2D eigenvalue weighted by atomic mass is 16.5. The summed E-state index contributed by atoms with van der Waals surface area (Å²) < 4.78 is 10.3. The first-order valence-corrected chi connectivity index (χ1v) is 5.66. The number of hydrogen-bond donors (Lipinski definition) is 1. The van der Waals surface area contributed by atoms with Crippen molar-refractivity contribution in [1.29, 1.82) is 0 Å². The highest BCUT2D eigenvalue weighted by Gasteiger charge is 2.07. The highest BCUT2D eigenvalue weighted by molar-refractivity contribution is 5.69. The summed E-state index contributed by atoms with van der Waals surface area (Å²) in [7, 11) is 3.24. The third kappa shape index (κ3) is 2.43. The maximum absolute atomic E-state index is 5.78. The summed E-state index contributed by atoms with van der Waals surface area (Å²) in [4.78, 5) is 4.09. The van der Waals surface area contributed by atoms with Crippen LogP contribution in [0.3, 0.4) is 0 Å². The summed E-state index contributed by atoms with van der Waals surface area (Å²) in [5.41, 5.74) is 8.91. The SMILES string of the molecule is COc1ccc(-c2ccnc(OC)c2)c(CN)c1. The number of benzene rings is 1. The average molecular weight is 244 g/mol. The van der Waals surface area contributed by atoms with Gasteiger partial charge in [0.25, 0.3) is 0 Å². The van der Waals surface area contributed by atoms with Crippen molar-refractivity contribution in [1.82, 2.24) is 4.98 Å². The second kappa shape index (κ2) is 5.51. The van der Waals surface area contributed by atoms with Crippen LogP contribution in [0.2, 0.25) is 0 Å². The smallest absolute Gasteiger partial charge is 0.213 e. The average Bonchev–Trinajstić information content (AvgIpc) is 2.46. The van der Waals surface area contributed by atoms with Crippen molar-refractivity contribution in [2.24, 2.45) is 5.73 Å². The molecule has 0 amide bonds.